The first-order valence-corrected chi connectivity index (χ1v) is 5.35. The minimum Gasteiger partial charge on any atom is -0.480 e. The zero-order valence-electron chi connectivity index (χ0n) is 8.59. The molecule has 16 heavy (non-hydrogen) atoms. The topological polar surface area (TPSA) is 40.5 Å². The molecule has 1 aromatic rings. The van der Waals surface area contributed by atoms with Crippen LogP contribution in [0.5, 0.6) is 0 Å². The predicted octanol–water partition coefficient (Wildman–Crippen LogP) is 2.15. The van der Waals surface area contributed by atoms with Gasteiger partial charge in [0.2, 0.25) is 0 Å². The van der Waals surface area contributed by atoms with E-state index in [9.17, 15) is 4.79 Å². The second-order valence-corrected chi connectivity index (χ2v) is 4.08. The van der Waals surface area contributed by atoms with E-state index in [-0.39, 0.29) is 6.54 Å². The van der Waals surface area contributed by atoms with E-state index in [2.05, 4.69) is 0 Å². The fourth-order valence-corrected chi connectivity index (χ4v) is 1.95. The summed E-state index contributed by atoms with van der Waals surface area (Å²) >= 11 is 5.15. The first-order valence-electron chi connectivity index (χ1n) is 4.94. The zero-order chi connectivity index (χ0) is 11.5. The lowest BCUT2D eigenvalue weighted by Gasteiger charge is -2.11. The molecule has 1 aliphatic rings. The van der Waals surface area contributed by atoms with Gasteiger partial charge in [-0.2, -0.15) is 0 Å². The highest BCUT2D eigenvalue weighted by atomic mass is 32.1. The summed E-state index contributed by atoms with van der Waals surface area (Å²) in [5.41, 5.74) is 2.17. The molecule has 0 fully saturated rings. The number of carboxylic acid groups (broad SMARTS) is 1. The van der Waals surface area contributed by atoms with Gasteiger partial charge in [0.05, 0.1) is 4.99 Å². The average Bonchev–Trinajstić information content (AvgIpc) is 2.61. The van der Waals surface area contributed by atoms with E-state index in [1.807, 2.05) is 36.5 Å². The van der Waals surface area contributed by atoms with Crippen LogP contribution in [0.4, 0.5) is 0 Å². The van der Waals surface area contributed by atoms with Crippen molar-refractivity contribution in [3.05, 3.63) is 42.1 Å². The second kappa shape index (κ2) is 4.45. The molecular weight excluding hydrogens is 222 g/mol. The van der Waals surface area contributed by atoms with Gasteiger partial charge in [-0.3, -0.25) is 4.79 Å². The molecule has 0 unspecified atom stereocenters. The molecule has 1 aromatic carbocycles. The van der Waals surface area contributed by atoms with E-state index >= 15 is 0 Å². The number of hydrogen-bond acceptors (Lipinski definition) is 2. The molecule has 0 bridgehead atoms. The van der Waals surface area contributed by atoms with Gasteiger partial charge in [0.1, 0.15) is 6.54 Å². The largest absolute Gasteiger partial charge is 0.480 e. The lowest BCUT2D eigenvalue weighted by molar-refractivity contribution is -0.136. The second-order valence-electron chi connectivity index (χ2n) is 3.61. The Hall–Kier alpha value is -1.68. The van der Waals surface area contributed by atoms with Gasteiger partial charge in [0.15, 0.2) is 0 Å². The Balaban J connectivity index is 2.20. The van der Waals surface area contributed by atoms with Crippen molar-refractivity contribution < 1.29 is 9.90 Å². The van der Waals surface area contributed by atoms with E-state index in [0.717, 1.165) is 11.1 Å². The van der Waals surface area contributed by atoms with Crippen LogP contribution in [0.25, 0.3) is 5.57 Å². The van der Waals surface area contributed by atoms with Crippen molar-refractivity contribution in [1.82, 2.24) is 4.90 Å². The van der Waals surface area contributed by atoms with Gasteiger partial charge in [-0.05, 0) is 11.1 Å². The van der Waals surface area contributed by atoms with Crippen molar-refractivity contribution in [1.29, 1.82) is 0 Å². The third-order valence-corrected chi connectivity index (χ3v) is 2.80. The van der Waals surface area contributed by atoms with Crippen LogP contribution < -0.4 is 0 Å². The molecule has 4 heteroatoms. The third kappa shape index (κ3) is 2.28. The number of benzene rings is 1. The molecule has 3 nitrogen and oxygen atoms in total. The van der Waals surface area contributed by atoms with Crippen molar-refractivity contribution in [2.24, 2.45) is 0 Å². The molecule has 82 valence electrons. The number of carboxylic acids is 1. The number of aliphatic carboxylic acids is 1. The highest BCUT2D eigenvalue weighted by Crippen LogP contribution is 2.26. The summed E-state index contributed by atoms with van der Waals surface area (Å²) in [6.07, 6.45) is 2.47. The van der Waals surface area contributed by atoms with Crippen LogP contribution in [0.2, 0.25) is 0 Å². The van der Waals surface area contributed by atoms with Crippen LogP contribution in [-0.2, 0) is 4.79 Å². The number of nitrogens with zero attached hydrogens (tertiary/aromatic N) is 1. The molecule has 0 saturated heterocycles. The first kappa shape index (κ1) is 10.8. The van der Waals surface area contributed by atoms with Crippen molar-refractivity contribution in [3.63, 3.8) is 0 Å². The van der Waals surface area contributed by atoms with E-state index in [4.69, 9.17) is 17.3 Å². The maximum absolute atomic E-state index is 10.6. The Morgan fingerprint density at radius 1 is 1.38 bits per heavy atom. The number of hydrogen-bond donors (Lipinski definition) is 1. The summed E-state index contributed by atoms with van der Waals surface area (Å²) in [5, 5.41) is 8.72. The number of thiocarbonyl (C=S) groups is 1. The Bertz CT molecular complexity index is 453. The molecule has 0 radical (unpaired) electrons. The average molecular weight is 233 g/mol. The zero-order valence-corrected chi connectivity index (χ0v) is 9.41. The van der Waals surface area contributed by atoms with Crippen LogP contribution in [0, 0.1) is 0 Å². The van der Waals surface area contributed by atoms with E-state index < -0.39 is 5.97 Å². The standard InChI is InChI=1S/C12H11NO2S/c14-12(15)8-13-7-10(6-11(13)16)9-4-2-1-3-5-9/h1-5,7H,6,8H2,(H,14,15). The minimum absolute atomic E-state index is 0.0604. The van der Waals surface area contributed by atoms with E-state index in [1.54, 1.807) is 4.90 Å². The number of rotatable bonds is 3. The van der Waals surface area contributed by atoms with Gasteiger partial charge in [-0.15, -0.1) is 0 Å². The van der Waals surface area contributed by atoms with Crippen LogP contribution in [0.1, 0.15) is 12.0 Å². The molecule has 0 atom stereocenters. The van der Waals surface area contributed by atoms with Crippen molar-refractivity contribution >= 4 is 28.7 Å². The fraction of sp³-hybridized carbons (Fsp3) is 0.167. The minimum atomic E-state index is -0.868. The Labute approximate surface area is 99.0 Å². The quantitative estimate of drug-likeness (QED) is 0.812. The van der Waals surface area contributed by atoms with Gasteiger partial charge >= 0.3 is 5.97 Å². The molecule has 0 saturated carbocycles. The normalized spacial score (nSPS) is 15.1. The summed E-state index contributed by atoms with van der Waals surface area (Å²) in [4.78, 5) is 12.9. The highest BCUT2D eigenvalue weighted by Gasteiger charge is 2.20. The van der Waals surface area contributed by atoms with Gasteiger partial charge in [0, 0.05) is 12.6 Å². The monoisotopic (exact) mass is 233 g/mol. The number of carbonyl (C=O) groups is 1. The summed E-state index contributed by atoms with van der Waals surface area (Å²) in [5.74, 6) is -0.868. The van der Waals surface area contributed by atoms with Gasteiger partial charge < -0.3 is 10.0 Å². The summed E-state index contributed by atoms with van der Waals surface area (Å²) in [6, 6.07) is 9.86. The van der Waals surface area contributed by atoms with Crippen LogP contribution >= 0.6 is 12.2 Å². The van der Waals surface area contributed by atoms with Crippen LogP contribution in [-0.4, -0.2) is 27.5 Å². The maximum atomic E-state index is 10.6. The predicted molar refractivity (Wildman–Crippen MR) is 66.0 cm³/mol. The fourth-order valence-electron chi connectivity index (χ4n) is 1.68. The third-order valence-electron chi connectivity index (χ3n) is 2.42. The molecule has 0 amide bonds. The van der Waals surface area contributed by atoms with E-state index in [1.165, 1.54) is 0 Å². The lowest BCUT2D eigenvalue weighted by Crippen LogP contribution is -2.26. The van der Waals surface area contributed by atoms with E-state index in [0.29, 0.717) is 11.4 Å². The molecule has 1 heterocycles. The van der Waals surface area contributed by atoms with Crippen molar-refractivity contribution in [2.75, 3.05) is 6.54 Å². The Morgan fingerprint density at radius 2 is 2.06 bits per heavy atom. The SMILES string of the molecule is O=C(O)CN1C=C(c2ccccc2)CC1=S. The smallest absolute Gasteiger partial charge is 0.323 e. The Kier molecular flexibility index (Phi) is 3.01. The molecule has 2 rings (SSSR count). The molecule has 0 aromatic heterocycles. The molecule has 1 aliphatic heterocycles. The summed E-state index contributed by atoms with van der Waals surface area (Å²) in [7, 11) is 0. The van der Waals surface area contributed by atoms with Crippen LogP contribution in [0.15, 0.2) is 36.5 Å². The maximum Gasteiger partial charge on any atom is 0.323 e. The lowest BCUT2D eigenvalue weighted by atomic mass is 10.1. The summed E-state index contributed by atoms with van der Waals surface area (Å²) < 4.78 is 0. The first-order chi connectivity index (χ1) is 7.66. The molecule has 0 aliphatic carbocycles. The highest BCUT2D eigenvalue weighted by molar-refractivity contribution is 7.80. The van der Waals surface area contributed by atoms with Gasteiger partial charge in [-0.25, -0.2) is 0 Å². The molecule has 1 N–H and O–H groups in total. The van der Waals surface area contributed by atoms with Gasteiger partial charge in [-0.1, -0.05) is 42.5 Å². The Morgan fingerprint density at radius 3 is 2.69 bits per heavy atom. The molecule has 0 spiro atoms. The molecular formula is C12H11NO2S. The van der Waals surface area contributed by atoms with Crippen molar-refractivity contribution in [3.8, 4) is 0 Å². The van der Waals surface area contributed by atoms with Gasteiger partial charge in [0.25, 0.3) is 0 Å². The summed E-state index contributed by atoms with van der Waals surface area (Å²) in [6.45, 7) is -0.0604. The van der Waals surface area contributed by atoms with Crippen LogP contribution in [0.3, 0.4) is 0 Å². The van der Waals surface area contributed by atoms with Crippen molar-refractivity contribution in [2.45, 2.75) is 6.42 Å².